The highest BCUT2D eigenvalue weighted by Gasteiger charge is 2.49. The SMILES string of the molecule is CNC(=O)[C@@H]1C[C@H]2CN(Cc3ccsc3)C[C@H]2N1C(C)C. The minimum absolute atomic E-state index is 0.0632. The molecule has 3 heterocycles. The van der Waals surface area contributed by atoms with Crippen LogP contribution in [0, 0.1) is 5.92 Å². The summed E-state index contributed by atoms with van der Waals surface area (Å²) in [7, 11) is 1.75. The second-order valence-electron chi connectivity index (χ2n) is 6.56. The average molecular weight is 307 g/mol. The van der Waals surface area contributed by atoms with Crippen molar-refractivity contribution < 1.29 is 4.79 Å². The first kappa shape index (κ1) is 15.0. The molecule has 3 rings (SSSR count). The molecule has 21 heavy (non-hydrogen) atoms. The van der Waals surface area contributed by atoms with Gasteiger partial charge in [0.2, 0.25) is 5.91 Å². The molecule has 4 nitrogen and oxygen atoms in total. The highest BCUT2D eigenvalue weighted by Crippen LogP contribution is 2.37. The maximum Gasteiger partial charge on any atom is 0.237 e. The molecule has 3 atom stereocenters. The summed E-state index contributed by atoms with van der Waals surface area (Å²) in [5.41, 5.74) is 1.42. The predicted molar refractivity (Wildman–Crippen MR) is 86.3 cm³/mol. The molecule has 0 radical (unpaired) electrons. The van der Waals surface area contributed by atoms with E-state index in [1.54, 1.807) is 18.4 Å². The van der Waals surface area contributed by atoms with Gasteiger partial charge < -0.3 is 5.32 Å². The number of likely N-dealkylation sites (N-methyl/N-ethyl adjacent to an activating group) is 1. The lowest BCUT2D eigenvalue weighted by molar-refractivity contribution is -0.126. The summed E-state index contributed by atoms with van der Waals surface area (Å²) in [4.78, 5) is 17.1. The van der Waals surface area contributed by atoms with E-state index < -0.39 is 0 Å². The molecule has 0 aromatic carbocycles. The van der Waals surface area contributed by atoms with Gasteiger partial charge in [-0.15, -0.1) is 0 Å². The van der Waals surface area contributed by atoms with Gasteiger partial charge in [0.1, 0.15) is 0 Å². The molecule has 0 saturated carbocycles. The van der Waals surface area contributed by atoms with Crippen molar-refractivity contribution in [2.45, 2.75) is 44.9 Å². The molecule has 0 aliphatic carbocycles. The highest BCUT2D eigenvalue weighted by molar-refractivity contribution is 7.07. The normalized spacial score (nSPS) is 30.0. The molecule has 116 valence electrons. The van der Waals surface area contributed by atoms with Crippen LogP contribution in [0.15, 0.2) is 16.8 Å². The van der Waals surface area contributed by atoms with E-state index in [2.05, 4.69) is 45.8 Å². The van der Waals surface area contributed by atoms with Gasteiger partial charge in [-0.3, -0.25) is 14.6 Å². The van der Waals surface area contributed by atoms with Crippen LogP contribution in [-0.4, -0.2) is 54.0 Å². The Morgan fingerprint density at radius 3 is 2.90 bits per heavy atom. The Morgan fingerprint density at radius 2 is 2.29 bits per heavy atom. The van der Waals surface area contributed by atoms with E-state index in [4.69, 9.17) is 0 Å². The number of hydrogen-bond donors (Lipinski definition) is 1. The number of rotatable bonds is 4. The Bertz CT molecular complexity index is 488. The average Bonchev–Trinajstić information content (AvgIpc) is 3.12. The van der Waals surface area contributed by atoms with Gasteiger partial charge in [0.05, 0.1) is 6.04 Å². The number of hydrogen-bond acceptors (Lipinski definition) is 4. The third kappa shape index (κ3) is 2.87. The standard InChI is InChI=1S/C16H25N3OS/c1-11(2)19-14(16(20)17-3)6-13-8-18(9-15(13)19)7-12-4-5-21-10-12/h4-5,10-11,13-15H,6-9H2,1-3H3,(H,17,20)/t13-,14-,15+/m0/s1. The van der Waals surface area contributed by atoms with Crippen LogP contribution in [0.5, 0.6) is 0 Å². The zero-order valence-electron chi connectivity index (χ0n) is 13.1. The van der Waals surface area contributed by atoms with E-state index in [0.717, 1.165) is 26.1 Å². The summed E-state index contributed by atoms with van der Waals surface area (Å²) in [5, 5.41) is 7.22. The fourth-order valence-electron chi connectivity index (χ4n) is 4.07. The van der Waals surface area contributed by atoms with Gasteiger partial charge in [0, 0.05) is 38.8 Å². The molecule has 5 heteroatoms. The van der Waals surface area contributed by atoms with Gasteiger partial charge in [-0.25, -0.2) is 0 Å². The number of nitrogens with one attached hydrogen (secondary N) is 1. The second kappa shape index (κ2) is 6.07. The molecule has 1 aromatic rings. The number of likely N-dealkylation sites (tertiary alicyclic amines) is 2. The van der Waals surface area contributed by atoms with Crippen LogP contribution in [0.3, 0.4) is 0 Å². The summed E-state index contributed by atoms with van der Waals surface area (Å²) >= 11 is 1.77. The van der Waals surface area contributed by atoms with Crippen LogP contribution >= 0.6 is 11.3 Å². The van der Waals surface area contributed by atoms with Crippen molar-refractivity contribution in [1.29, 1.82) is 0 Å². The zero-order valence-corrected chi connectivity index (χ0v) is 13.9. The quantitative estimate of drug-likeness (QED) is 0.921. The first-order valence-corrected chi connectivity index (χ1v) is 8.77. The smallest absolute Gasteiger partial charge is 0.237 e. The number of fused-ring (bicyclic) bond motifs is 1. The van der Waals surface area contributed by atoms with E-state index in [0.29, 0.717) is 18.0 Å². The van der Waals surface area contributed by atoms with Gasteiger partial charge in [0.15, 0.2) is 0 Å². The van der Waals surface area contributed by atoms with Crippen molar-refractivity contribution in [3.05, 3.63) is 22.4 Å². The van der Waals surface area contributed by atoms with Crippen LogP contribution < -0.4 is 5.32 Å². The number of thiophene rings is 1. The third-order valence-electron chi connectivity index (χ3n) is 4.88. The molecule has 0 unspecified atom stereocenters. The Morgan fingerprint density at radius 1 is 1.48 bits per heavy atom. The number of amides is 1. The van der Waals surface area contributed by atoms with Crippen LogP contribution in [0.1, 0.15) is 25.8 Å². The van der Waals surface area contributed by atoms with E-state index in [1.807, 2.05) is 0 Å². The van der Waals surface area contributed by atoms with Crippen molar-refractivity contribution in [2.24, 2.45) is 5.92 Å². The Kier molecular flexibility index (Phi) is 4.33. The number of carbonyl (C=O) groups excluding carboxylic acids is 1. The van der Waals surface area contributed by atoms with Crippen LogP contribution in [-0.2, 0) is 11.3 Å². The fraction of sp³-hybridized carbons (Fsp3) is 0.688. The molecule has 1 amide bonds. The summed E-state index contributed by atoms with van der Waals surface area (Å²) in [6.07, 6.45) is 1.00. The van der Waals surface area contributed by atoms with Crippen LogP contribution in [0.25, 0.3) is 0 Å². The Labute approximate surface area is 131 Å². The molecular formula is C16H25N3OS. The van der Waals surface area contributed by atoms with Gasteiger partial charge in [-0.05, 0) is 48.6 Å². The predicted octanol–water partition coefficient (Wildman–Crippen LogP) is 1.78. The van der Waals surface area contributed by atoms with Crippen molar-refractivity contribution in [3.63, 3.8) is 0 Å². The lowest BCUT2D eigenvalue weighted by atomic mass is 10.0. The highest BCUT2D eigenvalue weighted by atomic mass is 32.1. The van der Waals surface area contributed by atoms with Gasteiger partial charge in [-0.2, -0.15) is 11.3 Å². The Hall–Kier alpha value is -0.910. The molecule has 1 aromatic heterocycles. The lowest BCUT2D eigenvalue weighted by Crippen LogP contribution is -2.50. The van der Waals surface area contributed by atoms with E-state index in [-0.39, 0.29) is 11.9 Å². The molecule has 0 spiro atoms. The monoisotopic (exact) mass is 307 g/mol. The first-order valence-electron chi connectivity index (χ1n) is 7.82. The molecule has 2 saturated heterocycles. The second-order valence-corrected chi connectivity index (χ2v) is 7.34. The van der Waals surface area contributed by atoms with Crippen molar-refractivity contribution >= 4 is 17.2 Å². The third-order valence-corrected chi connectivity index (χ3v) is 5.61. The van der Waals surface area contributed by atoms with Gasteiger partial charge in [-0.1, -0.05) is 0 Å². The van der Waals surface area contributed by atoms with Crippen molar-refractivity contribution in [3.8, 4) is 0 Å². The van der Waals surface area contributed by atoms with Crippen molar-refractivity contribution in [1.82, 2.24) is 15.1 Å². The minimum Gasteiger partial charge on any atom is -0.358 e. The maximum absolute atomic E-state index is 12.1. The fourth-order valence-corrected chi connectivity index (χ4v) is 4.73. The molecule has 2 aliphatic heterocycles. The first-order chi connectivity index (χ1) is 10.1. The van der Waals surface area contributed by atoms with E-state index >= 15 is 0 Å². The maximum atomic E-state index is 12.1. The van der Waals surface area contributed by atoms with Gasteiger partial charge >= 0.3 is 0 Å². The summed E-state index contributed by atoms with van der Waals surface area (Å²) in [6.45, 7) is 7.68. The molecule has 2 fully saturated rings. The summed E-state index contributed by atoms with van der Waals surface area (Å²) in [6, 6.07) is 3.23. The molecule has 2 aliphatic rings. The molecule has 1 N–H and O–H groups in total. The number of carbonyl (C=O) groups is 1. The number of nitrogens with zero attached hydrogens (tertiary/aromatic N) is 2. The zero-order chi connectivity index (χ0) is 15.0. The summed E-state index contributed by atoms with van der Waals surface area (Å²) in [5.74, 6) is 0.816. The molecular weight excluding hydrogens is 282 g/mol. The topological polar surface area (TPSA) is 35.6 Å². The van der Waals surface area contributed by atoms with Crippen LogP contribution in [0.2, 0.25) is 0 Å². The Balaban J connectivity index is 1.69. The largest absolute Gasteiger partial charge is 0.358 e. The van der Waals surface area contributed by atoms with E-state index in [1.165, 1.54) is 5.56 Å². The minimum atomic E-state index is 0.0632. The lowest BCUT2D eigenvalue weighted by Gasteiger charge is -2.33. The van der Waals surface area contributed by atoms with E-state index in [9.17, 15) is 4.79 Å². The summed E-state index contributed by atoms with van der Waals surface area (Å²) < 4.78 is 0. The van der Waals surface area contributed by atoms with Gasteiger partial charge in [0.25, 0.3) is 0 Å². The molecule has 0 bridgehead atoms. The van der Waals surface area contributed by atoms with Crippen LogP contribution in [0.4, 0.5) is 0 Å². The van der Waals surface area contributed by atoms with Crippen molar-refractivity contribution in [2.75, 3.05) is 20.1 Å².